The van der Waals surface area contributed by atoms with Crippen LogP contribution in [0.1, 0.15) is 181 Å². The number of ether oxygens (including phenoxy) is 4. The highest BCUT2D eigenvalue weighted by Gasteiger charge is 2.51. The number of amides is 1. The van der Waals surface area contributed by atoms with Crippen molar-refractivity contribution in [2.24, 2.45) is 0 Å². The molecule has 0 aromatic heterocycles. The van der Waals surface area contributed by atoms with Gasteiger partial charge in [-0.05, 0) is 64.7 Å². The molecule has 2 rings (SSSR count). The second kappa shape index (κ2) is 38.8. The van der Waals surface area contributed by atoms with Crippen LogP contribution in [0.3, 0.4) is 0 Å². The number of unbranched alkanes of at least 4 members (excludes halogenated alkanes) is 21. The van der Waals surface area contributed by atoms with E-state index in [-0.39, 0.29) is 18.9 Å². The molecule has 2 aliphatic heterocycles. The summed E-state index contributed by atoms with van der Waals surface area (Å²) in [6, 6.07) is -0.935. The van der Waals surface area contributed by atoms with Gasteiger partial charge in [-0.3, -0.25) is 4.79 Å². The molecular weight excluding hydrogens is 847 g/mol. The predicted octanol–water partition coefficient (Wildman–Crippen LogP) is 6.88. The summed E-state index contributed by atoms with van der Waals surface area (Å²) < 4.78 is 22.6. The van der Waals surface area contributed by atoms with Crippen molar-refractivity contribution in [3.63, 3.8) is 0 Å². The highest BCUT2D eigenvalue weighted by molar-refractivity contribution is 5.76. The number of allylic oxidation sites excluding steroid dienone is 7. The Hall–Kier alpha value is -2.05. The van der Waals surface area contributed by atoms with Crippen molar-refractivity contribution in [1.29, 1.82) is 0 Å². The summed E-state index contributed by atoms with van der Waals surface area (Å²) in [5.41, 5.74) is 0. The van der Waals surface area contributed by atoms with E-state index in [0.29, 0.717) is 12.8 Å². The van der Waals surface area contributed by atoms with Crippen molar-refractivity contribution in [2.45, 2.75) is 254 Å². The lowest BCUT2D eigenvalue weighted by atomic mass is 9.97. The van der Waals surface area contributed by atoms with Crippen LogP contribution in [0, 0.1) is 0 Å². The average Bonchev–Trinajstić information content (AvgIpc) is 3.31. The summed E-state index contributed by atoms with van der Waals surface area (Å²) in [6.07, 6.45) is 29.1. The molecule has 12 unspecified atom stereocenters. The molecule has 66 heavy (non-hydrogen) atoms. The van der Waals surface area contributed by atoms with Crippen LogP contribution in [-0.4, -0.2) is 140 Å². The van der Waals surface area contributed by atoms with Gasteiger partial charge < -0.3 is 65.1 Å². The summed E-state index contributed by atoms with van der Waals surface area (Å²) in [6.45, 7) is 2.51. The molecule has 12 atom stereocenters. The molecule has 0 spiro atoms. The Morgan fingerprint density at radius 3 is 1.58 bits per heavy atom. The van der Waals surface area contributed by atoms with Crippen molar-refractivity contribution in [3.05, 3.63) is 48.6 Å². The Bertz CT molecular complexity index is 1290. The highest BCUT2D eigenvalue weighted by atomic mass is 16.7. The Kier molecular flexibility index (Phi) is 35.3. The van der Waals surface area contributed by atoms with E-state index in [0.717, 1.165) is 38.5 Å². The molecule has 14 nitrogen and oxygen atoms in total. The lowest BCUT2D eigenvalue weighted by Crippen LogP contribution is -2.65. The van der Waals surface area contributed by atoms with Crippen molar-refractivity contribution < 1.29 is 64.6 Å². The quantitative estimate of drug-likeness (QED) is 0.0227. The molecule has 0 aromatic carbocycles. The van der Waals surface area contributed by atoms with E-state index in [2.05, 4.69) is 42.6 Å². The molecule has 0 radical (unpaired) electrons. The van der Waals surface area contributed by atoms with E-state index in [1.165, 1.54) is 109 Å². The summed E-state index contributed by atoms with van der Waals surface area (Å²) in [5.74, 6) is -0.259. The van der Waals surface area contributed by atoms with Crippen molar-refractivity contribution >= 4 is 5.91 Å². The van der Waals surface area contributed by atoms with E-state index < -0.39 is 86.8 Å². The number of carbonyl (C=O) groups is 1. The normalized spacial score (nSPS) is 27.2. The minimum Gasteiger partial charge on any atom is -0.394 e. The number of rotatable bonds is 39. The van der Waals surface area contributed by atoms with Crippen LogP contribution in [-0.2, 0) is 23.7 Å². The van der Waals surface area contributed by atoms with E-state index in [4.69, 9.17) is 18.9 Å². The van der Waals surface area contributed by atoms with Gasteiger partial charge >= 0.3 is 0 Å². The van der Waals surface area contributed by atoms with E-state index in [1.54, 1.807) is 6.08 Å². The van der Waals surface area contributed by atoms with Crippen molar-refractivity contribution in [2.75, 3.05) is 19.8 Å². The van der Waals surface area contributed by atoms with Gasteiger partial charge in [0.15, 0.2) is 12.6 Å². The summed E-state index contributed by atoms with van der Waals surface area (Å²) in [5, 5.41) is 86.5. The molecule has 2 saturated heterocycles. The van der Waals surface area contributed by atoms with Crippen LogP contribution in [0.2, 0.25) is 0 Å². The number of aliphatic hydroxyl groups is 8. The molecule has 0 aliphatic carbocycles. The van der Waals surface area contributed by atoms with Crippen LogP contribution in [0.15, 0.2) is 48.6 Å². The Labute approximate surface area is 397 Å². The largest absolute Gasteiger partial charge is 0.394 e. The third kappa shape index (κ3) is 25.5. The maximum absolute atomic E-state index is 13.1. The summed E-state index contributed by atoms with van der Waals surface area (Å²) in [7, 11) is 0. The molecule has 2 heterocycles. The molecular formula is C52H93NO13. The van der Waals surface area contributed by atoms with Gasteiger partial charge in [-0.1, -0.05) is 158 Å². The molecule has 2 aliphatic rings. The first-order valence-corrected chi connectivity index (χ1v) is 25.8. The third-order valence-electron chi connectivity index (χ3n) is 12.6. The van der Waals surface area contributed by atoms with Gasteiger partial charge in [0.25, 0.3) is 0 Å². The zero-order valence-electron chi connectivity index (χ0n) is 40.7. The SMILES string of the molecule is C/C=C/CC/C=C/CC/C=C/C(O)C(COC1OC(CO)C(OC2OC(CO)C(O)C(O)C2O)C(O)C1O)NC(=O)CCCCCCCCCCCCC/C=C\CCCCCCCCCC. The minimum atomic E-state index is -1.79. The van der Waals surface area contributed by atoms with Gasteiger partial charge in [-0.25, -0.2) is 0 Å². The van der Waals surface area contributed by atoms with Gasteiger partial charge in [-0.15, -0.1) is 0 Å². The van der Waals surface area contributed by atoms with Crippen LogP contribution >= 0.6 is 0 Å². The number of hydrogen-bond donors (Lipinski definition) is 9. The first-order valence-electron chi connectivity index (χ1n) is 25.8. The first-order chi connectivity index (χ1) is 32.1. The fourth-order valence-electron chi connectivity index (χ4n) is 8.32. The van der Waals surface area contributed by atoms with E-state index in [1.807, 2.05) is 19.1 Å². The molecule has 0 saturated carbocycles. The third-order valence-corrected chi connectivity index (χ3v) is 12.6. The monoisotopic (exact) mass is 940 g/mol. The molecule has 9 N–H and O–H groups in total. The number of carbonyl (C=O) groups excluding carboxylic acids is 1. The first kappa shape index (κ1) is 60.1. The number of aliphatic hydroxyl groups excluding tert-OH is 8. The minimum absolute atomic E-state index is 0.259. The zero-order chi connectivity index (χ0) is 48.2. The standard InChI is InChI=1S/C52H93NO13/c1-3-5-7-9-11-13-14-15-16-17-18-19-20-21-22-23-24-25-26-28-30-32-34-36-44(57)53-40(41(56)35-33-31-29-27-12-10-8-6-4-2)39-63-51-49(62)47(60)50(43(38-55)65-51)66-52-48(61)46(59)45(58)42(37-54)64-52/h4,6,12,17-18,27,33,35,40-43,45-52,54-56,58-62H,3,5,7-11,13-16,19-26,28-32,34,36-39H2,1-2H3,(H,53,57)/b6-4+,18-17-,27-12+,35-33+. The topological polar surface area (TPSA) is 228 Å². The molecule has 1 amide bonds. The van der Waals surface area contributed by atoms with Crippen molar-refractivity contribution in [1.82, 2.24) is 5.32 Å². The van der Waals surface area contributed by atoms with Gasteiger partial charge in [0, 0.05) is 6.42 Å². The maximum atomic E-state index is 13.1. The predicted molar refractivity (Wildman–Crippen MR) is 258 cm³/mol. The molecule has 2 fully saturated rings. The van der Waals surface area contributed by atoms with E-state index >= 15 is 0 Å². The summed E-state index contributed by atoms with van der Waals surface area (Å²) >= 11 is 0. The maximum Gasteiger partial charge on any atom is 0.220 e. The van der Waals surface area contributed by atoms with Gasteiger partial charge in [0.1, 0.15) is 48.8 Å². The smallest absolute Gasteiger partial charge is 0.220 e. The van der Waals surface area contributed by atoms with E-state index in [9.17, 15) is 45.6 Å². The number of hydrogen-bond acceptors (Lipinski definition) is 13. The van der Waals surface area contributed by atoms with Gasteiger partial charge in [0.05, 0.1) is 32.0 Å². The number of nitrogens with one attached hydrogen (secondary N) is 1. The Balaban J connectivity index is 1.75. The van der Waals surface area contributed by atoms with Crippen LogP contribution in [0.5, 0.6) is 0 Å². The lowest BCUT2D eigenvalue weighted by Gasteiger charge is -2.46. The van der Waals surface area contributed by atoms with Crippen molar-refractivity contribution in [3.8, 4) is 0 Å². The molecule has 14 heteroatoms. The fraction of sp³-hybridized carbons (Fsp3) is 0.827. The second-order valence-corrected chi connectivity index (χ2v) is 18.3. The Morgan fingerprint density at radius 2 is 1.03 bits per heavy atom. The molecule has 0 aromatic rings. The fourth-order valence-corrected chi connectivity index (χ4v) is 8.32. The second-order valence-electron chi connectivity index (χ2n) is 18.3. The Morgan fingerprint density at radius 1 is 0.561 bits per heavy atom. The zero-order valence-corrected chi connectivity index (χ0v) is 40.7. The highest BCUT2D eigenvalue weighted by Crippen LogP contribution is 2.30. The average molecular weight is 940 g/mol. The van der Waals surface area contributed by atoms with Gasteiger partial charge in [-0.2, -0.15) is 0 Å². The van der Waals surface area contributed by atoms with Gasteiger partial charge in [0.2, 0.25) is 5.91 Å². The molecule has 0 bridgehead atoms. The van der Waals surface area contributed by atoms with Crippen LogP contribution < -0.4 is 5.32 Å². The summed E-state index contributed by atoms with van der Waals surface area (Å²) in [4.78, 5) is 13.1. The van der Waals surface area contributed by atoms with Crippen LogP contribution in [0.25, 0.3) is 0 Å². The van der Waals surface area contributed by atoms with Crippen LogP contribution in [0.4, 0.5) is 0 Å². The molecule has 384 valence electrons. The lowest BCUT2D eigenvalue weighted by molar-refractivity contribution is -0.359.